The van der Waals surface area contributed by atoms with Crippen molar-refractivity contribution in [2.45, 2.75) is 6.92 Å². The second-order valence-electron chi connectivity index (χ2n) is 2.48. The molecule has 0 unspecified atom stereocenters. The molecule has 0 aliphatic rings. The van der Waals surface area contributed by atoms with Gasteiger partial charge in [-0.05, 0) is 13.0 Å². The largest absolute Gasteiger partial charge is 0.481 e. The highest BCUT2D eigenvalue weighted by atomic mass is 16.5. The Balaban J connectivity index is 3.03. The lowest BCUT2D eigenvalue weighted by Gasteiger charge is -2.15. The van der Waals surface area contributed by atoms with Crippen LogP contribution in [0.4, 0.5) is 11.5 Å². The molecule has 0 spiro atoms. The number of pyridine rings is 1. The molecule has 0 fully saturated rings. The summed E-state index contributed by atoms with van der Waals surface area (Å²) < 4.78 is 4.90. The Morgan fingerprint density at radius 1 is 1.62 bits per heavy atom. The van der Waals surface area contributed by atoms with Crippen molar-refractivity contribution < 1.29 is 9.94 Å². The normalized spacial score (nSPS) is 9.77. The fourth-order valence-electron chi connectivity index (χ4n) is 0.912. The minimum Gasteiger partial charge on any atom is -0.481 e. The number of hydroxylamine groups is 1. The molecule has 13 heavy (non-hydrogen) atoms. The van der Waals surface area contributed by atoms with Crippen molar-refractivity contribution in [1.82, 2.24) is 4.98 Å². The van der Waals surface area contributed by atoms with Crippen molar-refractivity contribution in [2.24, 2.45) is 0 Å². The minimum absolute atomic E-state index is 0.321. The van der Waals surface area contributed by atoms with E-state index in [1.54, 1.807) is 19.1 Å². The molecule has 0 saturated carbocycles. The van der Waals surface area contributed by atoms with E-state index in [0.717, 1.165) is 5.06 Å². The fraction of sp³-hybridized carbons (Fsp3) is 0.375. The van der Waals surface area contributed by atoms with Crippen molar-refractivity contribution in [1.29, 1.82) is 0 Å². The lowest BCUT2D eigenvalue weighted by Crippen LogP contribution is -2.19. The van der Waals surface area contributed by atoms with Crippen LogP contribution in [0.25, 0.3) is 0 Å². The van der Waals surface area contributed by atoms with Crippen molar-refractivity contribution in [3.05, 3.63) is 12.1 Å². The zero-order chi connectivity index (χ0) is 9.84. The van der Waals surface area contributed by atoms with E-state index >= 15 is 0 Å². The Labute approximate surface area is 76.7 Å². The zero-order valence-electron chi connectivity index (χ0n) is 7.69. The monoisotopic (exact) mass is 183 g/mol. The smallest absolute Gasteiger partial charge is 0.215 e. The second kappa shape index (κ2) is 3.95. The molecule has 1 heterocycles. The second-order valence-corrected chi connectivity index (χ2v) is 2.48. The van der Waals surface area contributed by atoms with E-state index in [2.05, 4.69) is 4.98 Å². The summed E-state index contributed by atoms with van der Waals surface area (Å²) in [6, 6.07) is 3.28. The van der Waals surface area contributed by atoms with Gasteiger partial charge in [0.05, 0.1) is 12.8 Å². The van der Waals surface area contributed by atoms with Gasteiger partial charge in [0.25, 0.3) is 0 Å². The van der Waals surface area contributed by atoms with Crippen LogP contribution in [0.1, 0.15) is 6.92 Å². The predicted molar refractivity (Wildman–Crippen MR) is 50.0 cm³/mol. The molecule has 0 atom stereocenters. The third-order valence-electron chi connectivity index (χ3n) is 1.63. The molecule has 0 aromatic carbocycles. The van der Waals surface area contributed by atoms with Crippen LogP contribution in [0.15, 0.2) is 12.1 Å². The molecule has 1 aromatic heterocycles. The van der Waals surface area contributed by atoms with Gasteiger partial charge in [0.1, 0.15) is 0 Å². The third-order valence-corrected chi connectivity index (χ3v) is 1.63. The van der Waals surface area contributed by atoms with Crippen LogP contribution in [0.5, 0.6) is 5.88 Å². The molecule has 0 saturated heterocycles. The van der Waals surface area contributed by atoms with Crippen molar-refractivity contribution in [2.75, 3.05) is 24.5 Å². The van der Waals surface area contributed by atoms with Crippen LogP contribution >= 0.6 is 0 Å². The standard InChI is InChI=1S/C8H13N3O2/c1-3-11(12)8-6(9)4-5-7(10-8)13-2/h4-5,12H,3,9H2,1-2H3. The summed E-state index contributed by atoms with van der Waals surface area (Å²) in [5.74, 6) is 0.749. The average molecular weight is 183 g/mol. The van der Waals surface area contributed by atoms with E-state index in [4.69, 9.17) is 10.5 Å². The van der Waals surface area contributed by atoms with Gasteiger partial charge in [-0.25, -0.2) is 5.06 Å². The van der Waals surface area contributed by atoms with E-state index in [0.29, 0.717) is 23.9 Å². The molecule has 5 heteroatoms. The molecular weight excluding hydrogens is 170 g/mol. The van der Waals surface area contributed by atoms with Crippen LogP contribution in [0.3, 0.4) is 0 Å². The number of methoxy groups -OCH3 is 1. The van der Waals surface area contributed by atoms with E-state index in [-0.39, 0.29) is 0 Å². The van der Waals surface area contributed by atoms with Gasteiger partial charge in [-0.2, -0.15) is 4.98 Å². The van der Waals surface area contributed by atoms with Crippen molar-refractivity contribution in [3.63, 3.8) is 0 Å². The summed E-state index contributed by atoms with van der Waals surface area (Å²) in [5, 5.41) is 10.3. The number of nitrogens with two attached hydrogens (primary N) is 1. The molecule has 0 radical (unpaired) electrons. The van der Waals surface area contributed by atoms with E-state index in [1.807, 2.05) is 0 Å². The number of rotatable bonds is 3. The fourth-order valence-corrected chi connectivity index (χ4v) is 0.912. The number of ether oxygens (including phenoxy) is 1. The maximum atomic E-state index is 9.37. The van der Waals surface area contributed by atoms with Gasteiger partial charge in [0.15, 0.2) is 5.82 Å². The Kier molecular flexibility index (Phi) is 2.92. The van der Waals surface area contributed by atoms with Gasteiger partial charge in [-0.1, -0.05) is 0 Å². The number of hydrogen-bond donors (Lipinski definition) is 2. The highest BCUT2D eigenvalue weighted by Gasteiger charge is 2.08. The summed E-state index contributed by atoms with van der Waals surface area (Å²) in [4.78, 5) is 3.99. The predicted octanol–water partition coefficient (Wildman–Crippen LogP) is 0.888. The molecule has 1 aromatic rings. The van der Waals surface area contributed by atoms with E-state index in [1.165, 1.54) is 7.11 Å². The van der Waals surface area contributed by atoms with Crippen molar-refractivity contribution in [3.8, 4) is 5.88 Å². The summed E-state index contributed by atoms with van der Waals surface area (Å²) in [7, 11) is 1.51. The number of aromatic nitrogens is 1. The molecule has 1 rings (SSSR count). The van der Waals surface area contributed by atoms with Gasteiger partial charge in [-0.15, -0.1) is 0 Å². The third kappa shape index (κ3) is 2.00. The van der Waals surface area contributed by atoms with Gasteiger partial charge >= 0.3 is 0 Å². The van der Waals surface area contributed by atoms with Gasteiger partial charge < -0.3 is 10.5 Å². The van der Waals surface area contributed by atoms with E-state index < -0.39 is 0 Å². The van der Waals surface area contributed by atoms with Crippen LogP contribution in [0, 0.1) is 0 Å². The molecule has 3 N–H and O–H groups in total. The Morgan fingerprint density at radius 3 is 2.85 bits per heavy atom. The van der Waals surface area contributed by atoms with Crippen LogP contribution in [-0.4, -0.2) is 23.8 Å². The molecule has 5 nitrogen and oxygen atoms in total. The van der Waals surface area contributed by atoms with Gasteiger partial charge in [-0.3, -0.25) is 5.21 Å². The summed E-state index contributed by atoms with van der Waals surface area (Å²) in [5.41, 5.74) is 6.02. The van der Waals surface area contributed by atoms with Crippen LogP contribution in [0.2, 0.25) is 0 Å². The Morgan fingerprint density at radius 2 is 2.31 bits per heavy atom. The first-order valence-corrected chi connectivity index (χ1v) is 3.96. The highest BCUT2D eigenvalue weighted by molar-refractivity contribution is 5.62. The number of anilines is 2. The molecule has 0 amide bonds. The lowest BCUT2D eigenvalue weighted by atomic mass is 10.4. The average Bonchev–Trinajstić information content (AvgIpc) is 2.17. The maximum absolute atomic E-state index is 9.37. The van der Waals surface area contributed by atoms with Crippen LogP contribution in [-0.2, 0) is 0 Å². The quantitative estimate of drug-likeness (QED) is 0.681. The Bertz CT molecular complexity index is 291. The van der Waals surface area contributed by atoms with Crippen LogP contribution < -0.4 is 15.5 Å². The SMILES string of the molecule is CCN(O)c1nc(OC)ccc1N. The maximum Gasteiger partial charge on any atom is 0.215 e. The van der Waals surface area contributed by atoms with Crippen molar-refractivity contribution >= 4 is 11.5 Å². The topological polar surface area (TPSA) is 71.6 Å². The summed E-state index contributed by atoms with van der Waals surface area (Å²) in [6.45, 7) is 2.21. The summed E-state index contributed by atoms with van der Waals surface area (Å²) in [6.07, 6.45) is 0. The Hall–Kier alpha value is -1.49. The first-order chi connectivity index (χ1) is 6.19. The molecule has 0 aliphatic heterocycles. The lowest BCUT2D eigenvalue weighted by molar-refractivity contribution is 0.256. The van der Waals surface area contributed by atoms with Gasteiger partial charge in [0.2, 0.25) is 5.88 Å². The zero-order valence-corrected chi connectivity index (χ0v) is 7.69. The van der Waals surface area contributed by atoms with E-state index in [9.17, 15) is 5.21 Å². The molecule has 0 aliphatic carbocycles. The van der Waals surface area contributed by atoms with Gasteiger partial charge in [0, 0.05) is 12.6 Å². The number of nitrogen functional groups attached to an aromatic ring is 1. The first kappa shape index (κ1) is 9.60. The minimum atomic E-state index is 0.321. The molecule has 72 valence electrons. The highest BCUT2D eigenvalue weighted by Crippen LogP contribution is 2.21. The molecule has 0 bridgehead atoms. The number of hydrogen-bond acceptors (Lipinski definition) is 5. The number of nitrogens with zero attached hydrogens (tertiary/aromatic N) is 2. The summed E-state index contributed by atoms with van der Waals surface area (Å²) >= 11 is 0. The first-order valence-electron chi connectivity index (χ1n) is 3.96. The molecular formula is C8H13N3O2.